The Hall–Kier alpha value is -1.32. The van der Waals surface area contributed by atoms with Gasteiger partial charge in [0.15, 0.2) is 5.96 Å². The van der Waals surface area contributed by atoms with Crippen LogP contribution in [0.5, 0.6) is 0 Å². The summed E-state index contributed by atoms with van der Waals surface area (Å²) in [4.78, 5) is 8.58. The lowest BCUT2D eigenvalue weighted by Gasteiger charge is -2.32. The topological polar surface area (TPSA) is 59.9 Å². The first-order chi connectivity index (χ1) is 14.5. The van der Waals surface area contributed by atoms with Gasteiger partial charge in [-0.05, 0) is 54.8 Å². The van der Waals surface area contributed by atoms with Gasteiger partial charge in [0.25, 0.3) is 0 Å². The molecular formula is C24H37IN4OS. The molecule has 7 heteroatoms. The Kier molecular flexibility index (Phi) is 10.6. The summed E-state index contributed by atoms with van der Waals surface area (Å²) in [5.41, 5.74) is 2.54. The van der Waals surface area contributed by atoms with Crippen LogP contribution in [0.3, 0.4) is 0 Å². The zero-order valence-corrected chi connectivity index (χ0v) is 22.1. The highest BCUT2D eigenvalue weighted by molar-refractivity contribution is 14.0. The van der Waals surface area contributed by atoms with Gasteiger partial charge >= 0.3 is 0 Å². The number of thiophene rings is 1. The maximum Gasteiger partial charge on any atom is 0.191 e. The molecule has 5 nitrogen and oxygen atoms in total. The number of piperidine rings is 1. The van der Waals surface area contributed by atoms with Crippen molar-refractivity contribution in [2.45, 2.75) is 45.6 Å². The molecule has 1 fully saturated rings. The fraction of sp³-hybridized carbons (Fsp3) is 0.542. The number of nitrogens with one attached hydrogen (secondary N) is 2. The van der Waals surface area contributed by atoms with Gasteiger partial charge in [-0.1, -0.05) is 32.0 Å². The van der Waals surface area contributed by atoms with E-state index in [0.29, 0.717) is 19.1 Å². The summed E-state index contributed by atoms with van der Waals surface area (Å²) < 4.78 is 0. The molecule has 31 heavy (non-hydrogen) atoms. The second-order valence-electron chi connectivity index (χ2n) is 8.69. The lowest BCUT2D eigenvalue weighted by molar-refractivity contribution is 0.203. The Balaban J connectivity index is 0.00000341. The van der Waals surface area contributed by atoms with Crippen LogP contribution in [0.4, 0.5) is 5.69 Å². The van der Waals surface area contributed by atoms with E-state index in [1.165, 1.54) is 16.1 Å². The quantitative estimate of drug-likeness (QED) is 0.253. The zero-order chi connectivity index (χ0) is 21.4. The molecule has 0 aliphatic carbocycles. The van der Waals surface area contributed by atoms with E-state index in [4.69, 9.17) is 4.99 Å². The van der Waals surface area contributed by atoms with Gasteiger partial charge < -0.3 is 20.6 Å². The third-order valence-electron chi connectivity index (χ3n) is 5.82. The molecule has 0 radical (unpaired) electrons. The number of aliphatic imine (C=N–C) groups is 1. The van der Waals surface area contributed by atoms with Crippen molar-refractivity contribution in [2.75, 3.05) is 37.7 Å². The Bertz CT molecular complexity index is 784. The maximum absolute atomic E-state index is 9.32. The molecule has 1 aromatic heterocycles. The third-order valence-corrected chi connectivity index (χ3v) is 7.06. The van der Waals surface area contributed by atoms with Crippen LogP contribution in [-0.4, -0.2) is 43.9 Å². The number of aliphatic hydroxyl groups is 1. The number of aliphatic hydroxyl groups excluding tert-OH is 1. The van der Waals surface area contributed by atoms with Gasteiger partial charge in [-0.2, -0.15) is 0 Å². The van der Waals surface area contributed by atoms with Gasteiger partial charge in [-0.15, -0.1) is 35.3 Å². The van der Waals surface area contributed by atoms with E-state index >= 15 is 0 Å². The van der Waals surface area contributed by atoms with Gasteiger partial charge in [-0.3, -0.25) is 0 Å². The monoisotopic (exact) mass is 556 g/mol. The fourth-order valence-corrected chi connectivity index (χ4v) is 4.61. The van der Waals surface area contributed by atoms with Gasteiger partial charge in [0.05, 0.1) is 6.54 Å². The third kappa shape index (κ3) is 7.64. The highest BCUT2D eigenvalue weighted by atomic mass is 127. The van der Waals surface area contributed by atoms with Crippen molar-refractivity contribution in [2.24, 2.45) is 10.9 Å². The Morgan fingerprint density at radius 3 is 2.45 bits per heavy atom. The van der Waals surface area contributed by atoms with Gasteiger partial charge in [0.1, 0.15) is 0 Å². The van der Waals surface area contributed by atoms with Crippen LogP contribution in [-0.2, 0) is 12.0 Å². The van der Waals surface area contributed by atoms with E-state index < -0.39 is 0 Å². The molecule has 1 saturated heterocycles. The van der Waals surface area contributed by atoms with Crippen molar-refractivity contribution in [3.63, 3.8) is 0 Å². The van der Waals surface area contributed by atoms with Crippen LogP contribution in [0.15, 0.2) is 46.8 Å². The van der Waals surface area contributed by atoms with Crippen LogP contribution in [0.2, 0.25) is 0 Å². The predicted octanol–water partition coefficient (Wildman–Crippen LogP) is 4.61. The molecule has 2 heterocycles. The van der Waals surface area contributed by atoms with Crippen molar-refractivity contribution in [1.82, 2.24) is 10.6 Å². The predicted molar refractivity (Wildman–Crippen MR) is 144 cm³/mol. The van der Waals surface area contributed by atoms with E-state index in [9.17, 15) is 5.11 Å². The summed E-state index contributed by atoms with van der Waals surface area (Å²) in [6, 6.07) is 13.1. The molecule has 3 rings (SSSR count). The lowest BCUT2D eigenvalue weighted by atomic mass is 9.91. The molecule has 1 aliphatic rings. The zero-order valence-electron chi connectivity index (χ0n) is 18.9. The average molecular weight is 557 g/mol. The van der Waals surface area contributed by atoms with Crippen molar-refractivity contribution in [1.29, 1.82) is 0 Å². The summed E-state index contributed by atoms with van der Waals surface area (Å²) in [5.74, 6) is 1.33. The highest BCUT2D eigenvalue weighted by Gasteiger charge is 2.22. The second kappa shape index (κ2) is 12.6. The molecule has 1 aliphatic heterocycles. The molecule has 0 unspecified atom stereocenters. The number of hydrogen-bond acceptors (Lipinski definition) is 4. The van der Waals surface area contributed by atoms with Crippen molar-refractivity contribution < 1.29 is 5.11 Å². The van der Waals surface area contributed by atoms with Crippen LogP contribution in [0.25, 0.3) is 0 Å². The molecule has 0 atom stereocenters. The standard InChI is InChI=1S/C24H36N4OS.HI/c1-4-25-23(27-18-24(2,3)22-6-5-15-30-22)26-16-19-7-9-21(10-8-19)28-13-11-20(17-29)12-14-28;/h5-10,15,20,29H,4,11-14,16-18H2,1-3H3,(H2,25,26,27);1H. The molecular weight excluding hydrogens is 519 g/mol. The molecule has 0 spiro atoms. The Morgan fingerprint density at radius 2 is 1.87 bits per heavy atom. The van der Waals surface area contributed by atoms with E-state index in [2.05, 4.69) is 78.1 Å². The number of hydrogen-bond donors (Lipinski definition) is 3. The number of benzene rings is 1. The highest BCUT2D eigenvalue weighted by Crippen LogP contribution is 2.26. The largest absolute Gasteiger partial charge is 0.396 e. The number of guanidine groups is 1. The molecule has 0 amide bonds. The van der Waals surface area contributed by atoms with Crippen LogP contribution in [0.1, 0.15) is 44.1 Å². The van der Waals surface area contributed by atoms with Crippen LogP contribution >= 0.6 is 35.3 Å². The summed E-state index contributed by atoms with van der Waals surface area (Å²) in [6.45, 7) is 11.3. The molecule has 2 aromatic rings. The van der Waals surface area contributed by atoms with Gasteiger partial charge in [0, 0.05) is 48.8 Å². The van der Waals surface area contributed by atoms with Crippen molar-refractivity contribution in [3.8, 4) is 0 Å². The van der Waals surface area contributed by atoms with E-state index in [1.807, 2.05) is 0 Å². The van der Waals surface area contributed by atoms with E-state index in [0.717, 1.165) is 45.0 Å². The summed E-state index contributed by atoms with van der Waals surface area (Å²) >= 11 is 1.80. The van der Waals surface area contributed by atoms with Crippen LogP contribution in [0, 0.1) is 5.92 Å². The minimum atomic E-state index is 0. The normalized spacial score (nSPS) is 15.5. The van der Waals surface area contributed by atoms with Crippen LogP contribution < -0.4 is 15.5 Å². The number of nitrogens with zero attached hydrogens (tertiary/aromatic N) is 2. The molecule has 0 saturated carbocycles. The first-order valence-corrected chi connectivity index (χ1v) is 11.9. The minimum absolute atomic E-state index is 0. The number of rotatable bonds is 8. The molecule has 1 aromatic carbocycles. The maximum atomic E-state index is 9.32. The fourth-order valence-electron chi connectivity index (χ4n) is 3.75. The Morgan fingerprint density at radius 1 is 1.16 bits per heavy atom. The molecule has 3 N–H and O–H groups in total. The summed E-state index contributed by atoms with van der Waals surface area (Å²) in [6.07, 6.45) is 2.14. The first-order valence-electron chi connectivity index (χ1n) is 11.0. The Labute approximate surface area is 208 Å². The number of anilines is 1. The SMILES string of the molecule is CCNC(=NCc1ccc(N2CCC(CO)CC2)cc1)NCC(C)(C)c1cccs1.I. The smallest absolute Gasteiger partial charge is 0.191 e. The van der Waals surface area contributed by atoms with E-state index in [1.54, 1.807) is 11.3 Å². The lowest BCUT2D eigenvalue weighted by Crippen LogP contribution is -2.43. The molecule has 172 valence electrons. The summed E-state index contributed by atoms with van der Waals surface area (Å²) in [5, 5.41) is 18.3. The van der Waals surface area contributed by atoms with Gasteiger partial charge in [-0.25, -0.2) is 4.99 Å². The first kappa shape index (κ1) is 25.9. The number of halogens is 1. The minimum Gasteiger partial charge on any atom is -0.396 e. The average Bonchev–Trinajstić information content (AvgIpc) is 3.32. The van der Waals surface area contributed by atoms with Crippen molar-refractivity contribution in [3.05, 3.63) is 52.2 Å². The molecule has 0 bridgehead atoms. The summed E-state index contributed by atoms with van der Waals surface area (Å²) in [7, 11) is 0. The second-order valence-corrected chi connectivity index (χ2v) is 9.64. The van der Waals surface area contributed by atoms with Gasteiger partial charge in [0.2, 0.25) is 0 Å². The van der Waals surface area contributed by atoms with Crippen molar-refractivity contribution >= 4 is 47.0 Å². The van der Waals surface area contributed by atoms with E-state index in [-0.39, 0.29) is 29.4 Å².